The van der Waals surface area contributed by atoms with Crippen molar-refractivity contribution in [1.82, 2.24) is 4.90 Å². The third kappa shape index (κ3) is 4.24. The summed E-state index contributed by atoms with van der Waals surface area (Å²) in [6.45, 7) is 3.58. The zero-order valence-electron chi connectivity index (χ0n) is 12.4. The first-order valence-corrected chi connectivity index (χ1v) is 7.70. The second-order valence-corrected chi connectivity index (χ2v) is 6.21. The molecule has 1 aliphatic carbocycles. The van der Waals surface area contributed by atoms with Crippen LogP contribution in [0.4, 0.5) is 5.69 Å². The van der Waals surface area contributed by atoms with Crippen LogP contribution in [0.25, 0.3) is 0 Å². The van der Waals surface area contributed by atoms with Crippen LogP contribution in [0, 0.1) is 5.92 Å². The van der Waals surface area contributed by atoms with Crippen molar-refractivity contribution < 1.29 is 0 Å². The number of anilines is 1. The first-order valence-electron chi connectivity index (χ1n) is 7.70. The van der Waals surface area contributed by atoms with Gasteiger partial charge in [0, 0.05) is 11.7 Å². The third-order valence-electron chi connectivity index (χ3n) is 4.54. The SMILES string of the molecule is CC1CCCC(N(C)CCCc2ccccc2N)C1. The molecule has 1 aromatic carbocycles. The normalized spacial score (nSPS) is 23.7. The van der Waals surface area contributed by atoms with Gasteiger partial charge in [-0.05, 0) is 56.8 Å². The fraction of sp³-hybridized carbons (Fsp3) is 0.647. The van der Waals surface area contributed by atoms with Crippen molar-refractivity contribution in [1.29, 1.82) is 0 Å². The van der Waals surface area contributed by atoms with Gasteiger partial charge < -0.3 is 10.6 Å². The highest BCUT2D eigenvalue weighted by Gasteiger charge is 2.21. The summed E-state index contributed by atoms with van der Waals surface area (Å²) in [7, 11) is 2.29. The van der Waals surface area contributed by atoms with E-state index < -0.39 is 0 Å². The predicted octanol–water partition coefficient (Wildman–Crippen LogP) is 3.71. The van der Waals surface area contributed by atoms with Crippen LogP contribution >= 0.6 is 0 Å². The molecule has 0 radical (unpaired) electrons. The molecule has 0 amide bonds. The fourth-order valence-corrected chi connectivity index (χ4v) is 3.27. The highest BCUT2D eigenvalue weighted by atomic mass is 15.1. The van der Waals surface area contributed by atoms with E-state index in [4.69, 9.17) is 5.73 Å². The number of rotatable bonds is 5. The van der Waals surface area contributed by atoms with Gasteiger partial charge in [-0.25, -0.2) is 0 Å². The zero-order valence-corrected chi connectivity index (χ0v) is 12.4. The fourth-order valence-electron chi connectivity index (χ4n) is 3.27. The Hall–Kier alpha value is -1.02. The molecule has 1 aliphatic rings. The van der Waals surface area contributed by atoms with Gasteiger partial charge in [0.1, 0.15) is 0 Å². The molecule has 0 saturated heterocycles. The van der Waals surface area contributed by atoms with Crippen molar-refractivity contribution in [2.45, 2.75) is 51.5 Å². The Morgan fingerprint density at radius 3 is 2.79 bits per heavy atom. The van der Waals surface area contributed by atoms with Gasteiger partial charge in [0.05, 0.1) is 0 Å². The first kappa shape index (κ1) is 14.4. The molecule has 1 saturated carbocycles. The Bertz CT molecular complexity index is 389. The average Bonchev–Trinajstić information content (AvgIpc) is 2.41. The minimum absolute atomic E-state index is 0.803. The maximum atomic E-state index is 5.98. The number of nitrogen functional groups attached to an aromatic ring is 1. The summed E-state index contributed by atoms with van der Waals surface area (Å²) in [5.41, 5.74) is 8.22. The lowest BCUT2D eigenvalue weighted by molar-refractivity contribution is 0.163. The van der Waals surface area contributed by atoms with Crippen LogP contribution in [0.2, 0.25) is 0 Å². The molecule has 19 heavy (non-hydrogen) atoms. The standard InChI is InChI=1S/C17H28N2/c1-14-7-5-10-16(13-14)19(2)12-6-9-15-8-3-4-11-17(15)18/h3-4,8,11,14,16H,5-7,9-10,12-13,18H2,1-2H3. The van der Waals surface area contributed by atoms with Crippen LogP contribution < -0.4 is 5.73 Å². The summed E-state index contributed by atoms with van der Waals surface area (Å²) in [5, 5.41) is 0. The molecular formula is C17H28N2. The van der Waals surface area contributed by atoms with Gasteiger partial charge in [-0.2, -0.15) is 0 Å². The molecule has 2 nitrogen and oxygen atoms in total. The van der Waals surface area contributed by atoms with Gasteiger partial charge >= 0.3 is 0 Å². The van der Waals surface area contributed by atoms with Gasteiger partial charge in [0.15, 0.2) is 0 Å². The maximum absolute atomic E-state index is 5.98. The zero-order chi connectivity index (χ0) is 13.7. The second kappa shape index (κ2) is 6.95. The largest absolute Gasteiger partial charge is 0.399 e. The monoisotopic (exact) mass is 260 g/mol. The van der Waals surface area contributed by atoms with E-state index in [-0.39, 0.29) is 0 Å². The van der Waals surface area contributed by atoms with Crippen molar-refractivity contribution >= 4 is 5.69 Å². The molecule has 2 rings (SSSR count). The number of nitrogens with two attached hydrogens (primary N) is 1. The molecule has 2 unspecified atom stereocenters. The summed E-state index contributed by atoms with van der Waals surface area (Å²) in [5.74, 6) is 0.908. The third-order valence-corrected chi connectivity index (χ3v) is 4.54. The van der Waals surface area contributed by atoms with Crippen molar-refractivity contribution in [3.05, 3.63) is 29.8 Å². The Balaban J connectivity index is 1.74. The first-order chi connectivity index (χ1) is 9.16. The average molecular weight is 260 g/mol. The molecule has 2 atom stereocenters. The minimum Gasteiger partial charge on any atom is -0.399 e. The van der Waals surface area contributed by atoms with Crippen LogP contribution in [0.3, 0.4) is 0 Å². The smallest absolute Gasteiger partial charge is 0.0346 e. The van der Waals surface area contributed by atoms with Crippen LogP contribution in [0.5, 0.6) is 0 Å². The number of benzene rings is 1. The van der Waals surface area contributed by atoms with Gasteiger partial charge in [-0.1, -0.05) is 38.0 Å². The summed E-state index contributed by atoms with van der Waals surface area (Å²) < 4.78 is 0. The van der Waals surface area contributed by atoms with E-state index >= 15 is 0 Å². The highest BCUT2D eigenvalue weighted by molar-refractivity contribution is 5.46. The van der Waals surface area contributed by atoms with E-state index in [0.29, 0.717) is 0 Å². The molecule has 2 N–H and O–H groups in total. The number of aryl methyl sites for hydroxylation is 1. The van der Waals surface area contributed by atoms with Crippen LogP contribution in [0.15, 0.2) is 24.3 Å². The van der Waals surface area contributed by atoms with Crippen molar-refractivity contribution in [2.24, 2.45) is 5.92 Å². The van der Waals surface area contributed by atoms with E-state index in [1.807, 2.05) is 12.1 Å². The van der Waals surface area contributed by atoms with Gasteiger partial charge in [-0.15, -0.1) is 0 Å². The van der Waals surface area contributed by atoms with Crippen molar-refractivity contribution in [3.8, 4) is 0 Å². The van der Waals surface area contributed by atoms with E-state index in [9.17, 15) is 0 Å². The summed E-state index contributed by atoms with van der Waals surface area (Å²) in [6.07, 6.45) is 7.89. The van der Waals surface area contributed by atoms with E-state index in [1.165, 1.54) is 44.2 Å². The lowest BCUT2D eigenvalue weighted by atomic mass is 9.86. The highest BCUT2D eigenvalue weighted by Crippen LogP contribution is 2.26. The lowest BCUT2D eigenvalue weighted by Gasteiger charge is -2.34. The van der Waals surface area contributed by atoms with Crippen molar-refractivity contribution in [2.75, 3.05) is 19.3 Å². The Labute approximate surface area is 118 Å². The van der Waals surface area contributed by atoms with Crippen LogP contribution in [0.1, 0.15) is 44.6 Å². The second-order valence-electron chi connectivity index (χ2n) is 6.21. The summed E-state index contributed by atoms with van der Waals surface area (Å²) in [6, 6.07) is 9.05. The molecule has 0 aliphatic heterocycles. The molecular weight excluding hydrogens is 232 g/mol. The van der Waals surface area contributed by atoms with Crippen molar-refractivity contribution in [3.63, 3.8) is 0 Å². The minimum atomic E-state index is 0.803. The molecule has 1 fully saturated rings. The van der Waals surface area contributed by atoms with Crippen LogP contribution in [-0.2, 0) is 6.42 Å². The number of hydrogen-bond acceptors (Lipinski definition) is 2. The molecule has 106 valence electrons. The number of hydrogen-bond donors (Lipinski definition) is 1. The molecule has 0 aromatic heterocycles. The van der Waals surface area contributed by atoms with E-state index in [0.717, 1.165) is 24.1 Å². The van der Waals surface area contributed by atoms with Gasteiger partial charge in [-0.3, -0.25) is 0 Å². The Morgan fingerprint density at radius 2 is 2.05 bits per heavy atom. The van der Waals surface area contributed by atoms with Gasteiger partial charge in [0.25, 0.3) is 0 Å². The lowest BCUT2D eigenvalue weighted by Crippen LogP contribution is -2.36. The maximum Gasteiger partial charge on any atom is 0.0346 e. The number of para-hydroxylation sites is 1. The molecule has 0 spiro atoms. The molecule has 0 heterocycles. The van der Waals surface area contributed by atoms with Gasteiger partial charge in [0.2, 0.25) is 0 Å². The van der Waals surface area contributed by atoms with E-state index in [1.54, 1.807) is 0 Å². The summed E-state index contributed by atoms with van der Waals surface area (Å²) >= 11 is 0. The topological polar surface area (TPSA) is 29.3 Å². The summed E-state index contributed by atoms with van der Waals surface area (Å²) in [4.78, 5) is 2.56. The Morgan fingerprint density at radius 1 is 1.26 bits per heavy atom. The molecule has 0 bridgehead atoms. The molecule has 2 heteroatoms. The van der Waals surface area contributed by atoms with Crippen LogP contribution in [-0.4, -0.2) is 24.5 Å². The predicted molar refractivity (Wildman–Crippen MR) is 83.2 cm³/mol. The van der Waals surface area contributed by atoms with E-state index in [2.05, 4.69) is 31.0 Å². The quantitative estimate of drug-likeness (QED) is 0.818. The molecule has 1 aromatic rings. The number of nitrogens with zero attached hydrogens (tertiary/aromatic N) is 1. The Kier molecular flexibility index (Phi) is 5.26.